The maximum absolute atomic E-state index is 12.2. The molecule has 0 spiro atoms. The third-order valence-corrected chi connectivity index (χ3v) is 5.64. The number of aryl methyl sites for hydroxylation is 1. The van der Waals surface area contributed by atoms with Crippen molar-refractivity contribution in [1.82, 2.24) is 10.2 Å². The summed E-state index contributed by atoms with van der Waals surface area (Å²) in [6.45, 7) is 6.44. The molecule has 0 saturated heterocycles. The quantitative estimate of drug-likeness (QED) is 0.314. The number of halogens is 1. The Hall–Kier alpha value is -2.07. The van der Waals surface area contributed by atoms with Crippen LogP contribution in [0.2, 0.25) is 0 Å². The molecular formula is C21H22IN3O3S. The molecule has 0 unspecified atom stereocenters. The summed E-state index contributed by atoms with van der Waals surface area (Å²) >= 11 is 3.44. The molecule has 0 aliphatic heterocycles. The molecule has 0 atom stereocenters. The normalized spacial score (nSPS) is 10.9. The Kier molecular flexibility index (Phi) is 7.54. The molecule has 1 heterocycles. The first kappa shape index (κ1) is 21.6. The summed E-state index contributed by atoms with van der Waals surface area (Å²) in [7, 11) is 0. The molecule has 3 aromatic rings. The van der Waals surface area contributed by atoms with Crippen LogP contribution < -0.4 is 10.1 Å². The van der Waals surface area contributed by atoms with E-state index in [4.69, 9.17) is 9.15 Å². The van der Waals surface area contributed by atoms with Crippen LogP contribution in [0.3, 0.4) is 0 Å². The summed E-state index contributed by atoms with van der Waals surface area (Å²) in [6, 6.07) is 13.8. The van der Waals surface area contributed by atoms with E-state index in [1.165, 1.54) is 17.3 Å². The average molecular weight is 523 g/mol. The average Bonchev–Trinajstić information content (AvgIpc) is 3.15. The van der Waals surface area contributed by atoms with Crippen LogP contribution in [-0.4, -0.2) is 21.9 Å². The van der Waals surface area contributed by atoms with Crippen molar-refractivity contribution in [2.24, 2.45) is 0 Å². The zero-order valence-corrected chi connectivity index (χ0v) is 19.4. The molecule has 0 aliphatic rings. The number of carbonyl (C=O) groups excluding carboxylic acids is 1. The van der Waals surface area contributed by atoms with Crippen molar-refractivity contribution >= 4 is 45.9 Å². The maximum Gasteiger partial charge on any atom is 0.277 e. The molecule has 1 aromatic heterocycles. The lowest BCUT2D eigenvalue weighted by Crippen LogP contribution is -2.14. The summed E-state index contributed by atoms with van der Waals surface area (Å²) < 4.78 is 12.4. The summed E-state index contributed by atoms with van der Waals surface area (Å²) in [6.07, 6.45) is 0. The molecule has 0 saturated carbocycles. The first-order chi connectivity index (χ1) is 13.9. The fraction of sp³-hybridized carbons (Fsp3) is 0.286. The van der Waals surface area contributed by atoms with Gasteiger partial charge in [0.25, 0.3) is 11.1 Å². The van der Waals surface area contributed by atoms with Crippen LogP contribution in [0.25, 0.3) is 0 Å². The van der Waals surface area contributed by atoms with Crippen LogP contribution in [0, 0.1) is 10.5 Å². The van der Waals surface area contributed by atoms with Crippen LogP contribution >= 0.6 is 34.4 Å². The Morgan fingerprint density at radius 1 is 1.21 bits per heavy atom. The molecule has 29 heavy (non-hydrogen) atoms. The third-order valence-electron chi connectivity index (χ3n) is 4.15. The van der Waals surface area contributed by atoms with E-state index < -0.39 is 0 Å². The molecule has 0 radical (unpaired) electrons. The van der Waals surface area contributed by atoms with Crippen molar-refractivity contribution in [2.45, 2.75) is 38.5 Å². The number of amides is 1. The van der Waals surface area contributed by atoms with Gasteiger partial charge in [-0.05, 0) is 76.9 Å². The monoisotopic (exact) mass is 523 g/mol. The topological polar surface area (TPSA) is 77.2 Å². The van der Waals surface area contributed by atoms with E-state index >= 15 is 0 Å². The van der Waals surface area contributed by atoms with Gasteiger partial charge < -0.3 is 14.5 Å². The minimum Gasteiger partial charge on any atom is -0.484 e. The number of rotatable bonds is 8. The van der Waals surface area contributed by atoms with Gasteiger partial charge in [-0.15, -0.1) is 10.2 Å². The number of ether oxygens (including phenoxy) is 1. The largest absolute Gasteiger partial charge is 0.484 e. The zero-order chi connectivity index (χ0) is 20.8. The number of hydrogen-bond acceptors (Lipinski definition) is 6. The third kappa shape index (κ3) is 6.46. The summed E-state index contributed by atoms with van der Waals surface area (Å²) in [5.74, 6) is 1.65. The molecular weight excluding hydrogens is 501 g/mol. The molecule has 1 amide bonds. The maximum atomic E-state index is 12.2. The van der Waals surface area contributed by atoms with E-state index in [9.17, 15) is 4.79 Å². The van der Waals surface area contributed by atoms with E-state index in [-0.39, 0.29) is 18.3 Å². The number of hydrogen-bond donors (Lipinski definition) is 1. The van der Waals surface area contributed by atoms with Gasteiger partial charge in [0, 0.05) is 9.26 Å². The highest BCUT2D eigenvalue weighted by Gasteiger charge is 2.11. The van der Waals surface area contributed by atoms with Crippen molar-refractivity contribution in [3.63, 3.8) is 0 Å². The van der Waals surface area contributed by atoms with Crippen molar-refractivity contribution in [2.75, 3.05) is 11.1 Å². The second-order valence-electron chi connectivity index (χ2n) is 6.77. The fourth-order valence-electron chi connectivity index (χ4n) is 2.53. The SMILES string of the molecule is Cc1cc(I)ccc1NC(=O)CSc1nnc(COc2ccc(C(C)C)cc2)o1. The first-order valence-corrected chi connectivity index (χ1v) is 11.2. The Labute approximate surface area is 188 Å². The minimum atomic E-state index is -0.124. The highest BCUT2D eigenvalue weighted by molar-refractivity contribution is 14.1. The van der Waals surface area contributed by atoms with Gasteiger partial charge in [-0.25, -0.2) is 0 Å². The van der Waals surface area contributed by atoms with E-state index in [1.54, 1.807) is 0 Å². The van der Waals surface area contributed by atoms with Crippen LogP contribution in [0.5, 0.6) is 5.75 Å². The highest BCUT2D eigenvalue weighted by atomic mass is 127. The predicted molar refractivity (Wildman–Crippen MR) is 122 cm³/mol. The van der Waals surface area contributed by atoms with Crippen molar-refractivity contribution < 1.29 is 13.9 Å². The summed E-state index contributed by atoms with van der Waals surface area (Å²) in [5, 5.41) is 11.2. The molecule has 3 rings (SSSR count). The van der Waals surface area contributed by atoms with Gasteiger partial charge in [-0.3, -0.25) is 4.79 Å². The first-order valence-electron chi connectivity index (χ1n) is 9.14. The van der Waals surface area contributed by atoms with E-state index in [2.05, 4.69) is 52.0 Å². The highest BCUT2D eigenvalue weighted by Crippen LogP contribution is 2.22. The van der Waals surface area contributed by atoms with Gasteiger partial charge >= 0.3 is 0 Å². The van der Waals surface area contributed by atoms with Gasteiger partial charge in [-0.2, -0.15) is 0 Å². The molecule has 8 heteroatoms. The van der Waals surface area contributed by atoms with Gasteiger partial charge in [0.1, 0.15) is 5.75 Å². The number of aromatic nitrogens is 2. The van der Waals surface area contributed by atoms with Crippen LogP contribution in [0.15, 0.2) is 52.1 Å². The Morgan fingerprint density at radius 2 is 1.97 bits per heavy atom. The lowest BCUT2D eigenvalue weighted by atomic mass is 10.0. The smallest absolute Gasteiger partial charge is 0.277 e. The van der Waals surface area contributed by atoms with Gasteiger partial charge in [0.05, 0.1) is 5.75 Å². The second kappa shape index (κ2) is 10.1. The number of thioether (sulfide) groups is 1. The number of nitrogens with zero attached hydrogens (tertiary/aromatic N) is 2. The number of carbonyl (C=O) groups is 1. The number of benzene rings is 2. The molecule has 152 valence electrons. The minimum absolute atomic E-state index is 0.124. The predicted octanol–water partition coefficient (Wildman–Crippen LogP) is 5.42. The summed E-state index contributed by atoms with van der Waals surface area (Å²) in [5.41, 5.74) is 3.08. The Morgan fingerprint density at radius 3 is 2.66 bits per heavy atom. The van der Waals surface area contributed by atoms with Crippen LogP contribution in [0.1, 0.15) is 36.8 Å². The summed E-state index contributed by atoms with van der Waals surface area (Å²) in [4.78, 5) is 12.2. The molecule has 2 aromatic carbocycles. The molecule has 0 fully saturated rings. The van der Waals surface area contributed by atoms with Crippen molar-refractivity contribution in [3.8, 4) is 5.75 Å². The Bertz CT molecular complexity index is 974. The lowest BCUT2D eigenvalue weighted by Gasteiger charge is -2.08. The second-order valence-corrected chi connectivity index (χ2v) is 8.94. The van der Waals surface area contributed by atoms with Gasteiger partial charge in [-0.1, -0.05) is 37.7 Å². The number of nitrogens with one attached hydrogen (secondary N) is 1. The van der Waals surface area contributed by atoms with Crippen LogP contribution in [-0.2, 0) is 11.4 Å². The molecule has 6 nitrogen and oxygen atoms in total. The van der Waals surface area contributed by atoms with Crippen molar-refractivity contribution in [3.05, 3.63) is 63.1 Å². The number of anilines is 1. The molecule has 0 bridgehead atoms. The van der Waals surface area contributed by atoms with Crippen molar-refractivity contribution in [1.29, 1.82) is 0 Å². The molecule has 1 N–H and O–H groups in total. The standard InChI is InChI=1S/C21H22IN3O3S/c1-13(2)15-4-7-17(8-5-15)27-11-20-24-25-21(28-20)29-12-19(26)23-18-9-6-16(22)10-14(18)3/h4-10,13H,11-12H2,1-3H3,(H,23,26). The van der Waals surface area contributed by atoms with Gasteiger partial charge in [0.15, 0.2) is 6.61 Å². The van der Waals surface area contributed by atoms with E-state index in [0.717, 1.165) is 20.6 Å². The van der Waals surface area contributed by atoms with Crippen LogP contribution in [0.4, 0.5) is 5.69 Å². The fourth-order valence-corrected chi connectivity index (χ4v) is 3.76. The Balaban J connectivity index is 1.46. The molecule has 0 aliphatic carbocycles. The van der Waals surface area contributed by atoms with E-state index in [1.807, 2.05) is 49.4 Å². The zero-order valence-electron chi connectivity index (χ0n) is 16.4. The lowest BCUT2D eigenvalue weighted by molar-refractivity contribution is -0.113. The van der Waals surface area contributed by atoms with Gasteiger partial charge in [0.2, 0.25) is 5.91 Å². The van der Waals surface area contributed by atoms with E-state index in [0.29, 0.717) is 17.0 Å².